The predicted molar refractivity (Wildman–Crippen MR) is 153 cm³/mol. The number of hydrogen-bond acceptors (Lipinski definition) is 7. The van der Waals surface area contributed by atoms with Crippen LogP contribution in [-0.2, 0) is 14.3 Å². The van der Waals surface area contributed by atoms with Crippen LogP contribution in [0.1, 0.15) is 74.0 Å². The van der Waals surface area contributed by atoms with Gasteiger partial charge in [0.15, 0.2) is 5.82 Å². The smallest absolute Gasteiger partial charge is 0.343 e. The summed E-state index contributed by atoms with van der Waals surface area (Å²) in [5.41, 5.74) is 4.86. The molecule has 1 saturated heterocycles. The predicted octanol–water partition coefficient (Wildman–Crippen LogP) is 6.01. The molecule has 8 nitrogen and oxygen atoms in total. The van der Waals surface area contributed by atoms with Crippen LogP contribution in [0, 0.1) is 11.8 Å². The van der Waals surface area contributed by atoms with Crippen molar-refractivity contribution in [1.82, 2.24) is 14.8 Å². The summed E-state index contributed by atoms with van der Waals surface area (Å²) in [6.45, 7) is 5.44. The molecule has 0 N–H and O–H groups in total. The van der Waals surface area contributed by atoms with E-state index in [1.165, 1.54) is 0 Å². The number of hydrogen-bond donors (Lipinski definition) is 0. The summed E-state index contributed by atoms with van der Waals surface area (Å²) in [6, 6.07) is 7.83. The van der Waals surface area contributed by atoms with Crippen molar-refractivity contribution in [2.75, 3.05) is 24.7 Å². The first kappa shape index (κ1) is 27.3. The minimum absolute atomic E-state index is 0.0620. The lowest BCUT2D eigenvalue weighted by Gasteiger charge is -2.37. The van der Waals surface area contributed by atoms with Gasteiger partial charge in [0.2, 0.25) is 5.91 Å². The Morgan fingerprint density at radius 3 is 2.51 bits per heavy atom. The Morgan fingerprint density at radius 2 is 1.85 bits per heavy atom. The van der Waals surface area contributed by atoms with Crippen LogP contribution in [0.25, 0.3) is 17.8 Å². The lowest BCUT2D eigenvalue weighted by atomic mass is 9.82. The second-order valence-corrected chi connectivity index (χ2v) is 11.1. The van der Waals surface area contributed by atoms with Crippen LogP contribution in [0.4, 0.5) is 5.82 Å². The molecule has 2 aromatic heterocycles. The third-order valence-corrected chi connectivity index (χ3v) is 8.24. The number of aromatic nitrogens is 3. The van der Waals surface area contributed by atoms with E-state index in [9.17, 15) is 9.59 Å². The molecule has 3 aromatic rings. The van der Waals surface area contributed by atoms with Crippen molar-refractivity contribution in [2.24, 2.45) is 11.8 Å². The van der Waals surface area contributed by atoms with Crippen molar-refractivity contribution in [3.05, 3.63) is 58.2 Å². The molecule has 3 heterocycles. The van der Waals surface area contributed by atoms with Gasteiger partial charge in [0, 0.05) is 36.8 Å². The Morgan fingerprint density at radius 1 is 1.10 bits per heavy atom. The van der Waals surface area contributed by atoms with Crippen LogP contribution in [-0.4, -0.2) is 52.5 Å². The lowest BCUT2D eigenvalue weighted by molar-refractivity contribution is -0.124. The van der Waals surface area contributed by atoms with Gasteiger partial charge in [-0.15, -0.1) is 16.4 Å². The maximum absolute atomic E-state index is 14.1. The minimum Gasteiger partial charge on any atom is -0.462 e. The molecule has 39 heavy (non-hydrogen) atoms. The molecular formula is C30H36N4O4S. The first-order valence-electron chi connectivity index (χ1n) is 13.9. The van der Waals surface area contributed by atoms with Gasteiger partial charge < -0.3 is 9.47 Å². The van der Waals surface area contributed by atoms with E-state index in [1.54, 1.807) is 34.0 Å². The van der Waals surface area contributed by atoms with Crippen molar-refractivity contribution in [1.29, 1.82) is 0 Å². The average molecular weight is 549 g/mol. The summed E-state index contributed by atoms with van der Waals surface area (Å²) in [7, 11) is 0. The molecule has 5 rings (SSSR count). The zero-order valence-corrected chi connectivity index (χ0v) is 23.4. The third kappa shape index (κ3) is 6.47. The maximum Gasteiger partial charge on any atom is 0.343 e. The molecular weight excluding hydrogens is 512 g/mol. The number of benzene rings is 1. The SMILES string of the molecule is CCOC(=O)c1cn(-c2ccc(C=Cc3cscn3)cc2)nc1N(C(=O)[C@H]1CC[C@H](C)CC1)C1CCOCC1. The Balaban J connectivity index is 1.48. The van der Waals surface area contributed by atoms with E-state index in [2.05, 4.69) is 11.9 Å². The molecule has 206 valence electrons. The fourth-order valence-electron chi connectivity index (χ4n) is 5.36. The maximum atomic E-state index is 14.1. The highest BCUT2D eigenvalue weighted by molar-refractivity contribution is 7.07. The Kier molecular flexibility index (Phi) is 8.88. The van der Waals surface area contributed by atoms with Crippen molar-refractivity contribution >= 4 is 41.2 Å². The van der Waals surface area contributed by atoms with Gasteiger partial charge in [0.05, 0.1) is 23.5 Å². The molecule has 1 saturated carbocycles. The van der Waals surface area contributed by atoms with Crippen LogP contribution in [0.15, 0.2) is 41.4 Å². The first-order chi connectivity index (χ1) is 19.0. The molecule has 0 spiro atoms. The van der Waals surface area contributed by atoms with Gasteiger partial charge in [-0.1, -0.05) is 25.1 Å². The fraction of sp³-hybridized carbons (Fsp3) is 0.467. The molecule has 0 atom stereocenters. The highest BCUT2D eigenvalue weighted by Crippen LogP contribution is 2.34. The summed E-state index contributed by atoms with van der Waals surface area (Å²) < 4.78 is 12.7. The van der Waals surface area contributed by atoms with Gasteiger partial charge in [0.1, 0.15) is 5.56 Å². The van der Waals surface area contributed by atoms with Crippen LogP contribution in [0.2, 0.25) is 0 Å². The van der Waals surface area contributed by atoms with Crippen LogP contribution >= 0.6 is 11.3 Å². The van der Waals surface area contributed by atoms with E-state index >= 15 is 0 Å². The molecule has 1 aliphatic heterocycles. The number of esters is 1. The number of ether oxygens (including phenoxy) is 2. The molecule has 1 aromatic carbocycles. The van der Waals surface area contributed by atoms with Crippen LogP contribution in [0.5, 0.6) is 0 Å². The molecule has 2 fully saturated rings. The largest absolute Gasteiger partial charge is 0.462 e. The fourth-order valence-corrected chi connectivity index (χ4v) is 5.88. The molecule has 0 unspecified atom stereocenters. The van der Waals surface area contributed by atoms with E-state index in [0.717, 1.165) is 42.6 Å². The summed E-state index contributed by atoms with van der Waals surface area (Å²) in [6.07, 6.45) is 10.9. The third-order valence-electron chi connectivity index (χ3n) is 7.63. The monoisotopic (exact) mass is 548 g/mol. The average Bonchev–Trinajstić information content (AvgIpc) is 3.64. The second-order valence-electron chi connectivity index (χ2n) is 10.4. The van der Waals surface area contributed by atoms with E-state index < -0.39 is 5.97 Å². The molecule has 2 aliphatic rings. The van der Waals surface area contributed by atoms with E-state index in [0.29, 0.717) is 43.4 Å². The van der Waals surface area contributed by atoms with Gasteiger partial charge in [-0.2, -0.15) is 0 Å². The Labute approximate surface area is 233 Å². The van der Waals surface area contributed by atoms with Gasteiger partial charge in [0.25, 0.3) is 0 Å². The number of amides is 1. The van der Waals surface area contributed by atoms with Gasteiger partial charge in [-0.25, -0.2) is 14.5 Å². The second kappa shape index (κ2) is 12.7. The number of carbonyl (C=O) groups is 2. The summed E-state index contributed by atoms with van der Waals surface area (Å²) >= 11 is 1.56. The van der Waals surface area contributed by atoms with E-state index in [-0.39, 0.29) is 24.5 Å². The minimum atomic E-state index is -0.469. The molecule has 0 bridgehead atoms. The van der Waals surface area contributed by atoms with Crippen molar-refractivity contribution < 1.29 is 19.1 Å². The number of anilines is 1. The molecule has 9 heteroatoms. The number of carbonyl (C=O) groups excluding carboxylic acids is 2. The first-order valence-corrected chi connectivity index (χ1v) is 14.8. The topological polar surface area (TPSA) is 86.6 Å². The normalized spacial score (nSPS) is 20.3. The number of nitrogens with zero attached hydrogens (tertiary/aromatic N) is 4. The van der Waals surface area contributed by atoms with Gasteiger partial charge >= 0.3 is 5.97 Å². The van der Waals surface area contributed by atoms with Crippen molar-refractivity contribution in [2.45, 2.75) is 58.4 Å². The van der Waals surface area contributed by atoms with Crippen molar-refractivity contribution in [3.8, 4) is 5.69 Å². The Bertz CT molecular complexity index is 1270. The summed E-state index contributed by atoms with van der Waals surface area (Å²) in [5, 5.41) is 6.85. The zero-order valence-electron chi connectivity index (χ0n) is 22.6. The molecule has 1 aliphatic carbocycles. The quantitative estimate of drug-likeness (QED) is 0.320. The van der Waals surface area contributed by atoms with Gasteiger partial charge in [-0.3, -0.25) is 9.69 Å². The standard InChI is InChI=1S/C30H36N4O4S/c1-3-38-30(36)27-18-33(25-12-7-22(8-13-25)6-11-24-19-39-20-31-24)32-28(27)34(26-14-16-37-17-15-26)29(35)23-9-4-21(2)5-10-23/h6-8,11-13,18-21,23,26H,3-5,9-10,14-17H2,1-2H3/t21-,23-. The van der Waals surface area contributed by atoms with E-state index in [1.807, 2.05) is 47.3 Å². The summed E-state index contributed by atoms with van der Waals surface area (Å²) in [5.74, 6) is 0.555. The highest BCUT2D eigenvalue weighted by Gasteiger charge is 2.37. The molecule has 0 radical (unpaired) electrons. The summed E-state index contributed by atoms with van der Waals surface area (Å²) in [4.78, 5) is 33.3. The van der Waals surface area contributed by atoms with Crippen LogP contribution in [0.3, 0.4) is 0 Å². The number of thiazole rings is 1. The van der Waals surface area contributed by atoms with Crippen LogP contribution < -0.4 is 4.90 Å². The zero-order chi connectivity index (χ0) is 27.2. The lowest BCUT2D eigenvalue weighted by Crippen LogP contribution is -2.47. The molecule has 1 amide bonds. The van der Waals surface area contributed by atoms with Crippen molar-refractivity contribution in [3.63, 3.8) is 0 Å². The van der Waals surface area contributed by atoms with Gasteiger partial charge in [-0.05, 0) is 75.1 Å². The Hall–Kier alpha value is -3.30. The number of rotatable bonds is 8. The highest BCUT2D eigenvalue weighted by atomic mass is 32.1. The van der Waals surface area contributed by atoms with E-state index in [4.69, 9.17) is 14.6 Å².